The number of ether oxygens (including phenoxy) is 1. The Balaban J connectivity index is 1.49. The first-order chi connectivity index (χ1) is 11.5. The Bertz CT molecular complexity index is 753. The van der Waals surface area contributed by atoms with Crippen molar-refractivity contribution in [3.63, 3.8) is 0 Å². The number of hydrogen-bond acceptors (Lipinski definition) is 5. The van der Waals surface area contributed by atoms with Gasteiger partial charge in [-0.15, -0.1) is 0 Å². The van der Waals surface area contributed by atoms with E-state index in [2.05, 4.69) is 15.0 Å². The molecule has 2 fully saturated rings. The minimum Gasteiger partial charge on any atom is -0.380 e. The first-order valence-electron chi connectivity index (χ1n) is 8.07. The molecule has 2 aromatic rings. The SMILES string of the molecule is Cc1noc(C[C@]23COC[C@H]2CN(Cc2ccc(Cl)c(F)c2)C3)n1. The second-order valence-corrected chi connectivity index (χ2v) is 7.31. The lowest BCUT2D eigenvalue weighted by Crippen LogP contribution is -2.33. The number of fused-ring (bicyclic) bond motifs is 1. The Kier molecular flexibility index (Phi) is 4.06. The predicted octanol–water partition coefficient (Wildman–Crippen LogP) is 2.86. The fourth-order valence-electron chi connectivity index (χ4n) is 3.92. The Morgan fingerprint density at radius 1 is 1.46 bits per heavy atom. The van der Waals surface area contributed by atoms with E-state index in [4.69, 9.17) is 20.9 Å². The van der Waals surface area contributed by atoms with Crippen LogP contribution in [0.15, 0.2) is 22.7 Å². The van der Waals surface area contributed by atoms with E-state index in [-0.39, 0.29) is 16.3 Å². The normalized spacial score (nSPS) is 26.9. The van der Waals surface area contributed by atoms with Crippen LogP contribution in [0, 0.1) is 24.1 Å². The molecule has 0 unspecified atom stereocenters. The van der Waals surface area contributed by atoms with Crippen LogP contribution in [0.5, 0.6) is 0 Å². The molecule has 2 saturated heterocycles. The molecule has 2 atom stereocenters. The maximum Gasteiger partial charge on any atom is 0.227 e. The zero-order valence-corrected chi connectivity index (χ0v) is 14.2. The Labute approximate surface area is 144 Å². The van der Waals surface area contributed by atoms with Crippen molar-refractivity contribution in [2.75, 3.05) is 26.3 Å². The van der Waals surface area contributed by atoms with Gasteiger partial charge < -0.3 is 9.26 Å². The van der Waals surface area contributed by atoms with Crippen LogP contribution in [0.3, 0.4) is 0 Å². The van der Waals surface area contributed by atoms with Gasteiger partial charge in [-0.05, 0) is 24.6 Å². The highest BCUT2D eigenvalue weighted by Crippen LogP contribution is 2.44. The monoisotopic (exact) mass is 351 g/mol. The van der Waals surface area contributed by atoms with Gasteiger partial charge in [0.25, 0.3) is 0 Å². The second kappa shape index (κ2) is 6.10. The minimum absolute atomic E-state index is 0.00391. The molecule has 0 bridgehead atoms. The van der Waals surface area contributed by atoms with Crippen LogP contribution in [0.2, 0.25) is 5.02 Å². The molecule has 1 aromatic carbocycles. The van der Waals surface area contributed by atoms with Crippen molar-refractivity contribution in [2.45, 2.75) is 19.9 Å². The van der Waals surface area contributed by atoms with Gasteiger partial charge in [0, 0.05) is 37.4 Å². The van der Waals surface area contributed by atoms with E-state index in [0.29, 0.717) is 30.8 Å². The van der Waals surface area contributed by atoms with Crippen molar-refractivity contribution >= 4 is 11.6 Å². The van der Waals surface area contributed by atoms with Crippen LogP contribution in [0.1, 0.15) is 17.3 Å². The molecule has 0 N–H and O–H groups in total. The van der Waals surface area contributed by atoms with Crippen molar-refractivity contribution < 1.29 is 13.7 Å². The summed E-state index contributed by atoms with van der Waals surface area (Å²) in [6.07, 6.45) is 0.726. The summed E-state index contributed by atoms with van der Waals surface area (Å²) in [5, 5.41) is 4.04. The van der Waals surface area contributed by atoms with Gasteiger partial charge in [-0.3, -0.25) is 4.90 Å². The summed E-state index contributed by atoms with van der Waals surface area (Å²) >= 11 is 5.76. The van der Waals surface area contributed by atoms with Crippen LogP contribution in [-0.4, -0.2) is 41.3 Å². The van der Waals surface area contributed by atoms with Crippen molar-refractivity contribution in [3.05, 3.63) is 46.3 Å². The molecule has 0 aliphatic carbocycles. The van der Waals surface area contributed by atoms with Crippen LogP contribution in [0.4, 0.5) is 4.39 Å². The van der Waals surface area contributed by atoms with Gasteiger partial charge in [0.05, 0.1) is 18.2 Å². The molecule has 5 nitrogen and oxygen atoms in total. The molecule has 24 heavy (non-hydrogen) atoms. The van der Waals surface area contributed by atoms with Crippen molar-refractivity contribution in [3.8, 4) is 0 Å². The third-order valence-electron chi connectivity index (χ3n) is 5.05. The summed E-state index contributed by atoms with van der Waals surface area (Å²) in [5.74, 6) is 1.39. The highest BCUT2D eigenvalue weighted by molar-refractivity contribution is 6.30. The van der Waals surface area contributed by atoms with Gasteiger partial charge in [0.2, 0.25) is 5.89 Å². The van der Waals surface area contributed by atoms with Gasteiger partial charge in [-0.25, -0.2) is 4.39 Å². The van der Waals surface area contributed by atoms with E-state index in [1.807, 2.05) is 13.0 Å². The highest BCUT2D eigenvalue weighted by Gasteiger charge is 2.51. The quantitative estimate of drug-likeness (QED) is 0.847. The summed E-state index contributed by atoms with van der Waals surface area (Å²) in [7, 11) is 0. The fraction of sp³-hybridized carbons (Fsp3) is 0.529. The summed E-state index contributed by atoms with van der Waals surface area (Å²) in [4.78, 5) is 6.69. The van der Waals surface area contributed by atoms with Gasteiger partial charge in [0.15, 0.2) is 5.82 Å². The smallest absolute Gasteiger partial charge is 0.227 e. The first kappa shape index (κ1) is 16.0. The molecular formula is C17H19ClFN3O2. The number of benzene rings is 1. The average molecular weight is 352 g/mol. The zero-order chi connectivity index (χ0) is 16.7. The number of halogens is 2. The maximum absolute atomic E-state index is 13.7. The van der Waals surface area contributed by atoms with Gasteiger partial charge in [0.1, 0.15) is 5.82 Å². The average Bonchev–Trinajstić information content (AvgIpc) is 3.18. The number of rotatable bonds is 4. The Hall–Kier alpha value is -1.50. The van der Waals surface area contributed by atoms with E-state index < -0.39 is 0 Å². The van der Waals surface area contributed by atoms with Crippen LogP contribution < -0.4 is 0 Å². The van der Waals surface area contributed by atoms with E-state index in [9.17, 15) is 4.39 Å². The molecule has 2 aliphatic rings. The van der Waals surface area contributed by atoms with Gasteiger partial charge in [-0.1, -0.05) is 22.8 Å². The first-order valence-corrected chi connectivity index (χ1v) is 8.45. The molecule has 4 rings (SSSR count). The Morgan fingerprint density at radius 2 is 2.33 bits per heavy atom. The lowest BCUT2D eigenvalue weighted by Gasteiger charge is -2.25. The highest BCUT2D eigenvalue weighted by atomic mass is 35.5. The molecule has 3 heterocycles. The molecule has 0 spiro atoms. The van der Waals surface area contributed by atoms with Gasteiger partial charge >= 0.3 is 0 Å². The van der Waals surface area contributed by atoms with Crippen molar-refractivity contribution in [1.82, 2.24) is 15.0 Å². The number of aromatic nitrogens is 2. The standard InChI is InChI=1S/C17H19ClFN3O2/c1-11-20-16(24-21-11)5-17-9-22(7-13(17)8-23-10-17)6-12-2-3-14(18)15(19)4-12/h2-4,13H,5-10H2,1H3/t13-,17+/m1/s1. The summed E-state index contributed by atoms with van der Waals surface area (Å²) in [6, 6.07) is 5.01. The molecule has 7 heteroatoms. The van der Waals surface area contributed by atoms with Crippen LogP contribution in [-0.2, 0) is 17.7 Å². The zero-order valence-electron chi connectivity index (χ0n) is 13.5. The lowest BCUT2D eigenvalue weighted by atomic mass is 9.78. The molecule has 0 saturated carbocycles. The van der Waals surface area contributed by atoms with Gasteiger partial charge in [-0.2, -0.15) is 4.98 Å². The number of likely N-dealkylation sites (tertiary alicyclic amines) is 1. The largest absolute Gasteiger partial charge is 0.380 e. The molecule has 2 aliphatic heterocycles. The molecule has 0 radical (unpaired) electrons. The fourth-order valence-corrected chi connectivity index (χ4v) is 4.04. The molecule has 1 aromatic heterocycles. The molecule has 0 amide bonds. The molecular weight excluding hydrogens is 333 g/mol. The predicted molar refractivity (Wildman–Crippen MR) is 86.2 cm³/mol. The number of nitrogens with zero attached hydrogens (tertiary/aromatic N) is 3. The number of aryl methyl sites for hydroxylation is 1. The third-order valence-corrected chi connectivity index (χ3v) is 5.36. The lowest BCUT2D eigenvalue weighted by molar-refractivity contribution is 0.122. The van der Waals surface area contributed by atoms with Crippen LogP contribution >= 0.6 is 11.6 Å². The maximum atomic E-state index is 13.7. The molecule has 128 valence electrons. The van der Waals surface area contributed by atoms with E-state index in [1.54, 1.807) is 6.07 Å². The van der Waals surface area contributed by atoms with Crippen LogP contribution in [0.25, 0.3) is 0 Å². The topological polar surface area (TPSA) is 51.4 Å². The van der Waals surface area contributed by atoms with E-state index >= 15 is 0 Å². The second-order valence-electron chi connectivity index (χ2n) is 6.90. The number of hydrogen-bond donors (Lipinski definition) is 0. The summed E-state index contributed by atoms with van der Waals surface area (Å²) in [6.45, 7) is 5.78. The van der Waals surface area contributed by atoms with E-state index in [0.717, 1.165) is 31.7 Å². The summed E-state index contributed by atoms with van der Waals surface area (Å²) < 4.78 is 24.7. The Morgan fingerprint density at radius 3 is 3.08 bits per heavy atom. The minimum atomic E-state index is -0.368. The summed E-state index contributed by atoms with van der Waals surface area (Å²) in [5.41, 5.74) is 0.936. The van der Waals surface area contributed by atoms with Crippen molar-refractivity contribution in [2.24, 2.45) is 11.3 Å². The van der Waals surface area contributed by atoms with E-state index in [1.165, 1.54) is 6.07 Å². The third kappa shape index (κ3) is 2.94. The van der Waals surface area contributed by atoms with Crippen molar-refractivity contribution in [1.29, 1.82) is 0 Å².